The summed E-state index contributed by atoms with van der Waals surface area (Å²) in [7, 11) is 0. The fraction of sp³-hybridized carbons (Fsp3) is 0.385. The van der Waals surface area contributed by atoms with Crippen molar-refractivity contribution in [3.8, 4) is 0 Å². The standard InChI is InChI=1S/C26H32N2O4/c1-5-21-8-10-22(11-9-21)18-31-24(29)19-32-27-25(23-12-6-20(2)7-13-23)26(3,4)28-14-16-30-17-15-28/h5-13H,1,14-19H2,2-4H3/b27-25-. The second kappa shape index (κ2) is 11.1. The number of hydrogen-bond acceptors (Lipinski definition) is 6. The number of ether oxygens (including phenoxy) is 2. The number of carbonyl (C=O) groups excluding carboxylic acids is 1. The van der Waals surface area contributed by atoms with Crippen LogP contribution in [0.25, 0.3) is 6.08 Å². The number of benzene rings is 2. The van der Waals surface area contributed by atoms with Crippen LogP contribution in [0, 0.1) is 6.92 Å². The van der Waals surface area contributed by atoms with E-state index in [0.29, 0.717) is 13.2 Å². The molecule has 1 saturated heterocycles. The lowest BCUT2D eigenvalue weighted by molar-refractivity contribution is -0.150. The molecule has 6 nitrogen and oxygen atoms in total. The normalized spacial score (nSPS) is 15.3. The molecule has 0 aliphatic carbocycles. The molecule has 0 bridgehead atoms. The van der Waals surface area contributed by atoms with Crippen molar-refractivity contribution in [3.63, 3.8) is 0 Å². The van der Waals surface area contributed by atoms with Crippen molar-refractivity contribution in [2.75, 3.05) is 32.9 Å². The maximum atomic E-state index is 12.2. The smallest absolute Gasteiger partial charge is 0.347 e. The van der Waals surface area contributed by atoms with Gasteiger partial charge in [-0.3, -0.25) is 4.90 Å². The minimum atomic E-state index is -0.464. The lowest BCUT2D eigenvalue weighted by Gasteiger charge is -2.41. The SMILES string of the molecule is C=Cc1ccc(COC(=O)CO/N=C(/c2ccc(C)cc2)C(C)(C)N2CCOCC2)cc1. The monoisotopic (exact) mass is 436 g/mol. The first-order valence-corrected chi connectivity index (χ1v) is 10.9. The summed E-state index contributed by atoms with van der Waals surface area (Å²) in [5.41, 5.74) is 4.43. The number of esters is 1. The van der Waals surface area contributed by atoms with Crippen LogP contribution < -0.4 is 0 Å². The van der Waals surface area contributed by atoms with Crippen molar-refractivity contribution in [3.05, 3.63) is 77.4 Å². The molecule has 0 spiro atoms. The fourth-order valence-corrected chi connectivity index (χ4v) is 3.61. The number of oxime groups is 1. The van der Waals surface area contributed by atoms with E-state index in [1.807, 2.05) is 55.5 Å². The second-order valence-corrected chi connectivity index (χ2v) is 8.34. The Labute approximate surface area is 190 Å². The van der Waals surface area contributed by atoms with Gasteiger partial charge in [-0.1, -0.05) is 71.9 Å². The third-order valence-electron chi connectivity index (χ3n) is 5.66. The van der Waals surface area contributed by atoms with Crippen LogP contribution in [0.5, 0.6) is 0 Å². The third kappa shape index (κ3) is 6.28. The van der Waals surface area contributed by atoms with Gasteiger partial charge in [0.05, 0.1) is 18.8 Å². The quantitative estimate of drug-likeness (QED) is 0.335. The molecule has 0 unspecified atom stereocenters. The minimum Gasteiger partial charge on any atom is -0.458 e. The van der Waals surface area contributed by atoms with E-state index in [2.05, 4.69) is 30.5 Å². The van der Waals surface area contributed by atoms with Gasteiger partial charge in [-0.2, -0.15) is 0 Å². The Bertz CT molecular complexity index is 927. The second-order valence-electron chi connectivity index (χ2n) is 8.34. The van der Waals surface area contributed by atoms with Gasteiger partial charge in [0.25, 0.3) is 0 Å². The molecule has 0 N–H and O–H groups in total. The van der Waals surface area contributed by atoms with Crippen LogP contribution in [0.1, 0.15) is 36.1 Å². The van der Waals surface area contributed by atoms with Crippen LogP contribution in [-0.4, -0.2) is 55.0 Å². The molecule has 6 heteroatoms. The van der Waals surface area contributed by atoms with Gasteiger partial charge in [-0.25, -0.2) is 4.79 Å². The average molecular weight is 437 g/mol. The Morgan fingerprint density at radius 2 is 1.78 bits per heavy atom. The van der Waals surface area contributed by atoms with Crippen molar-refractivity contribution >= 4 is 17.8 Å². The summed E-state index contributed by atoms with van der Waals surface area (Å²) in [4.78, 5) is 20.0. The van der Waals surface area contributed by atoms with Crippen LogP contribution >= 0.6 is 0 Å². The zero-order valence-corrected chi connectivity index (χ0v) is 19.2. The van der Waals surface area contributed by atoms with Gasteiger partial charge in [0.15, 0.2) is 0 Å². The van der Waals surface area contributed by atoms with Crippen molar-refractivity contribution in [1.82, 2.24) is 4.90 Å². The molecule has 170 valence electrons. The van der Waals surface area contributed by atoms with Gasteiger partial charge in [-0.05, 0) is 31.9 Å². The first-order valence-electron chi connectivity index (χ1n) is 10.9. The Morgan fingerprint density at radius 1 is 1.12 bits per heavy atom. The van der Waals surface area contributed by atoms with Crippen LogP contribution in [0.4, 0.5) is 0 Å². The molecule has 0 saturated carbocycles. The molecule has 0 radical (unpaired) electrons. The summed E-state index contributed by atoms with van der Waals surface area (Å²) in [6, 6.07) is 15.8. The molecular weight excluding hydrogens is 404 g/mol. The van der Waals surface area contributed by atoms with Crippen LogP contribution in [0.15, 0.2) is 60.3 Å². The predicted octanol–water partition coefficient (Wildman–Crippen LogP) is 4.21. The van der Waals surface area contributed by atoms with Gasteiger partial charge < -0.3 is 14.3 Å². The molecular formula is C26H32N2O4. The van der Waals surface area contributed by atoms with Crippen molar-refractivity contribution in [2.24, 2.45) is 5.16 Å². The molecule has 1 fully saturated rings. The maximum Gasteiger partial charge on any atom is 0.347 e. The Morgan fingerprint density at radius 3 is 2.41 bits per heavy atom. The van der Waals surface area contributed by atoms with E-state index in [1.54, 1.807) is 6.08 Å². The highest BCUT2D eigenvalue weighted by atomic mass is 16.7. The number of morpholine rings is 1. The van der Waals surface area contributed by atoms with Gasteiger partial charge in [0.2, 0.25) is 6.61 Å². The molecule has 32 heavy (non-hydrogen) atoms. The highest BCUT2D eigenvalue weighted by molar-refractivity contribution is 6.06. The molecule has 1 aliphatic heterocycles. The van der Waals surface area contributed by atoms with E-state index >= 15 is 0 Å². The molecule has 0 aromatic heterocycles. The van der Waals surface area contributed by atoms with E-state index in [9.17, 15) is 4.79 Å². The van der Waals surface area contributed by atoms with E-state index in [1.165, 1.54) is 5.56 Å². The molecule has 2 aromatic rings. The average Bonchev–Trinajstić information content (AvgIpc) is 2.82. The zero-order valence-electron chi connectivity index (χ0n) is 19.2. The first kappa shape index (κ1) is 23.7. The van der Waals surface area contributed by atoms with Gasteiger partial charge in [-0.15, -0.1) is 0 Å². The number of nitrogens with zero attached hydrogens (tertiary/aromatic N) is 2. The predicted molar refractivity (Wildman–Crippen MR) is 126 cm³/mol. The highest BCUT2D eigenvalue weighted by Crippen LogP contribution is 2.23. The van der Waals surface area contributed by atoms with E-state index in [-0.39, 0.29) is 13.2 Å². The number of rotatable bonds is 9. The van der Waals surface area contributed by atoms with Crippen LogP contribution in [0.3, 0.4) is 0 Å². The summed E-state index contributed by atoms with van der Waals surface area (Å²) in [6.45, 7) is 12.9. The molecule has 2 aromatic carbocycles. The molecule has 0 atom stereocenters. The number of carbonyl (C=O) groups is 1. The zero-order chi connectivity index (χ0) is 23.0. The third-order valence-corrected chi connectivity index (χ3v) is 5.66. The lowest BCUT2D eigenvalue weighted by atomic mass is 9.89. The first-order chi connectivity index (χ1) is 15.4. The Balaban J connectivity index is 1.66. The van der Waals surface area contributed by atoms with Crippen LogP contribution in [-0.2, 0) is 25.7 Å². The van der Waals surface area contributed by atoms with E-state index in [4.69, 9.17) is 14.3 Å². The molecule has 3 rings (SSSR count). The molecule has 1 heterocycles. The highest BCUT2D eigenvalue weighted by Gasteiger charge is 2.35. The Kier molecular flexibility index (Phi) is 8.20. The van der Waals surface area contributed by atoms with E-state index < -0.39 is 11.5 Å². The van der Waals surface area contributed by atoms with Gasteiger partial charge >= 0.3 is 5.97 Å². The minimum absolute atomic E-state index is 0.188. The maximum absolute atomic E-state index is 12.2. The summed E-state index contributed by atoms with van der Waals surface area (Å²) in [5, 5.41) is 4.41. The van der Waals surface area contributed by atoms with Gasteiger partial charge in [0.1, 0.15) is 12.3 Å². The largest absolute Gasteiger partial charge is 0.458 e. The fourth-order valence-electron chi connectivity index (χ4n) is 3.61. The van der Waals surface area contributed by atoms with Gasteiger partial charge in [0, 0.05) is 18.7 Å². The summed E-state index contributed by atoms with van der Waals surface area (Å²) >= 11 is 0. The number of aryl methyl sites for hydroxylation is 1. The van der Waals surface area contributed by atoms with Crippen LogP contribution in [0.2, 0.25) is 0 Å². The topological polar surface area (TPSA) is 60.4 Å². The lowest BCUT2D eigenvalue weighted by Crippen LogP contribution is -2.54. The van der Waals surface area contributed by atoms with Crippen molar-refractivity contribution in [2.45, 2.75) is 32.9 Å². The van der Waals surface area contributed by atoms with Crippen molar-refractivity contribution in [1.29, 1.82) is 0 Å². The summed E-state index contributed by atoms with van der Waals surface area (Å²) < 4.78 is 10.8. The summed E-state index contributed by atoms with van der Waals surface area (Å²) in [5.74, 6) is -0.464. The van der Waals surface area contributed by atoms with Crippen molar-refractivity contribution < 1.29 is 19.1 Å². The number of hydrogen-bond donors (Lipinski definition) is 0. The molecule has 0 amide bonds. The molecule has 1 aliphatic rings. The Hall–Kier alpha value is -2.96. The van der Waals surface area contributed by atoms with E-state index in [0.717, 1.165) is 35.5 Å². The summed E-state index contributed by atoms with van der Waals surface area (Å²) in [6.07, 6.45) is 1.77.